The number of hydrogen-bond donors (Lipinski definition) is 1. The van der Waals surface area contributed by atoms with E-state index in [0.717, 1.165) is 25.2 Å². The van der Waals surface area contributed by atoms with E-state index in [9.17, 15) is 0 Å². The number of fused-ring (bicyclic) bond motifs is 1. The number of nitrogens with zero attached hydrogens (tertiary/aromatic N) is 5. The first-order valence-electron chi connectivity index (χ1n) is 7.24. The van der Waals surface area contributed by atoms with Gasteiger partial charge in [-0.25, -0.2) is 15.0 Å². The van der Waals surface area contributed by atoms with E-state index in [2.05, 4.69) is 38.3 Å². The Morgan fingerprint density at radius 3 is 2.85 bits per heavy atom. The van der Waals surface area contributed by atoms with Crippen molar-refractivity contribution in [3.63, 3.8) is 0 Å². The lowest BCUT2D eigenvalue weighted by molar-refractivity contribution is 0.171. The van der Waals surface area contributed by atoms with Crippen LogP contribution in [-0.2, 0) is 6.54 Å². The van der Waals surface area contributed by atoms with Crippen LogP contribution in [0.15, 0.2) is 12.7 Å². The van der Waals surface area contributed by atoms with Crippen molar-refractivity contribution in [3.8, 4) is 0 Å². The largest absolute Gasteiger partial charge is 0.382 e. The molecule has 0 unspecified atom stereocenters. The van der Waals surface area contributed by atoms with Crippen LogP contribution in [-0.4, -0.2) is 43.0 Å². The summed E-state index contributed by atoms with van der Waals surface area (Å²) in [6, 6.07) is 0. The summed E-state index contributed by atoms with van der Waals surface area (Å²) >= 11 is 0. The van der Waals surface area contributed by atoms with Crippen molar-refractivity contribution in [1.82, 2.24) is 24.4 Å². The Bertz CT molecular complexity index is 603. The fourth-order valence-electron chi connectivity index (χ4n) is 3.07. The Balaban J connectivity index is 1.65. The molecule has 1 aliphatic heterocycles. The zero-order chi connectivity index (χ0) is 14.2. The smallest absolute Gasteiger partial charge is 0.165 e. The van der Waals surface area contributed by atoms with Gasteiger partial charge in [-0.3, -0.25) is 4.90 Å². The molecule has 0 aliphatic carbocycles. The lowest BCUT2D eigenvalue weighted by atomic mass is 10.0. The van der Waals surface area contributed by atoms with E-state index in [0.29, 0.717) is 16.9 Å². The molecule has 0 amide bonds. The maximum atomic E-state index is 5.80. The van der Waals surface area contributed by atoms with Gasteiger partial charge in [0, 0.05) is 18.6 Å². The second-order valence-electron chi connectivity index (χ2n) is 6.13. The van der Waals surface area contributed by atoms with Crippen molar-refractivity contribution in [1.29, 1.82) is 0 Å². The standard InChI is InChI=1S/C14H22N6/c1-14(2)5-3-7-20(14)8-4-6-19-10-18-11-12(15)16-9-17-13(11)19/h9-10H,3-8H2,1-2H3,(H2,15,16,17). The van der Waals surface area contributed by atoms with Crippen molar-refractivity contribution in [2.45, 2.75) is 45.2 Å². The molecular weight excluding hydrogens is 252 g/mol. The van der Waals surface area contributed by atoms with E-state index >= 15 is 0 Å². The molecule has 0 spiro atoms. The third kappa shape index (κ3) is 2.35. The topological polar surface area (TPSA) is 72.9 Å². The van der Waals surface area contributed by atoms with E-state index in [1.165, 1.54) is 25.7 Å². The van der Waals surface area contributed by atoms with Crippen molar-refractivity contribution in [2.24, 2.45) is 0 Å². The number of aromatic nitrogens is 4. The highest BCUT2D eigenvalue weighted by atomic mass is 15.2. The molecule has 1 saturated heterocycles. The molecule has 0 radical (unpaired) electrons. The fourth-order valence-corrected chi connectivity index (χ4v) is 3.07. The Hall–Kier alpha value is -1.69. The minimum absolute atomic E-state index is 0.351. The van der Waals surface area contributed by atoms with E-state index < -0.39 is 0 Å². The summed E-state index contributed by atoms with van der Waals surface area (Å²) < 4.78 is 2.07. The average Bonchev–Trinajstić information content (AvgIpc) is 2.95. The van der Waals surface area contributed by atoms with Crippen LogP contribution in [0.5, 0.6) is 0 Å². The van der Waals surface area contributed by atoms with Crippen molar-refractivity contribution in [2.75, 3.05) is 18.8 Å². The third-order valence-electron chi connectivity index (χ3n) is 4.33. The Morgan fingerprint density at radius 1 is 1.25 bits per heavy atom. The number of imidazole rings is 1. The van der Waals surface area contributed by atoms with Crippen LogP contribution in [0.25, 0.3) is 11.2 Å². The van der Waals surface area contributed by atoms with Crippen LogP contribution in [0.3, 0.4) is 0 Å². The molecule has 0 saturated carbocycles. The summed E-state index contributed by atoms with van der Waals surface area (Å²) in [5, 5.41) is 0. The zero-order valence-electron chi connectivity index (χ0n) is 12.2. The van der Waals surface area contributed by atoms with E-state index in [4.69, 9.17) is 5.73 Å². The monoisotopic (exact) mass is 274 g/mol. The van der Waals surface area contributed by atoms with Gasteiger partial charge in [-0.2, -0.15) is 0 Å². The first-order chi connectivity index (χ1) is 9.58. The van der Waals surface area contributed by atoms with Gasteiger partial charge in [0.25, 0.3) is 0 Å². The van der Waals surface area contributed by atoms with E-state index in [1.54, 1.807) is 0 Å². The summed E-state index contributed by atoms with van der Waals surface area (Å²) in [6.45, 7) is 7.92. The van der Waals surface area contributed by atoms with Crippen molar-refractivity contribution >= 4 is 17.0 Å². The molecule has 0 bridgehead atoms. The molecule has 6 heteroatoms. The number of hydrogen-bond acceptors (Lipinski definition) is 5. The van der Waals surface area contributed by atoms with Gasteiger partial charge in [-0.15, -0.1) is 0 Å². The van der Waals surface area contributed by atoms with Gasteiger partial charge in [-0.1, -0.05) is 0 Å². The average molecular weight is 274 g/mol. The third-order valence-corrected chi connectivity index (χ3v) is 4.33. The van der Waals surface area contributed by atoms with E-state index in [1.807, 2.05) is 6.33 Å². The van der Waals surface area contributed by atoms with Gasteiger partial charge in [0.15, 0.2) is 11.5 Å². The first kappa shape index (κ1) is 13.3. The van der Waals surface area contributed by atoms with Crippen LogP contribution >= 0.6 is 0 Å². The van der Waals surface area contributed by atoms with Gasteiger partial charge >= 0.3 is 0 Å². The first-order valence-corrected chi connectivity index (χ1v) is 7.24. The number of likely N-dealkylation sites (tertiary alicyclic amines) is 1. The maximum Gasteiger partial charge on any atom is 0.165 e. The lowest BCUT2D eigenvalue weighted by Gasteiger charge is -2.31. The van der Waals surface area contributed by atoms with Crippen LogP contribution in [0.2, 0.25) is 0 Å². The number of aryl methyl sites for hydroxylation is 1. The molecule has 1 fully saturated rings. The molecule has 0 aromatic carbocycles. The molecule has 20 heavy (non-hydrogen) atoms. The molecule has 6 nitrogen and oxygen atoms in total. The van der Waals surface area contributed by atoms with Crippen LogP contribution < -0.4 is 5.73 Å². The van der Waals surface area contributed by atoms with E-state index in [-0.39, 0.29) is 0 Å². The summed E-state index contributed by atoms with van der Waals surface area (Å²) in [4.78, 5) is 15.1. The number of nitrogen functional groups attached to an aromatic ring is 1. The van der Waals surface area contributed by atoms with Gasteiger partial charge in [0.05, 0.1) is 6.33 Å². The number of rotatable bonds is 4. The summed E-state index contributed by atoms with van der Waals surface area (Å²) in [7, 11) is 0. The second-order valence-corrected chi connectivity index (χ2v) is 6.13. The summed E-state index contributed by atoms with van der Waals surface area (Å²) in [5.41, 5.74) is 7.68. The number of anilines is 1. The molecule has 2 aromatic heterocycles. The maximum absolute atomic E-state index is 5.80. The van der Waals surface area contributed by atoms with Gasteiger partial charge in [0.2, 0.25) is 0 Å². The molecule has 2 N–H and O–H groups in total. The second kappa shape index (κ2) is 5.01. The van der Waals surface area contributed by atoms with Crippen LogP contribution in [0, 0.1) is 0 Å². The summed E-state index contributed by atoms with van der Waals surface area (Å²) in [5.74, 6) is 0.453. The minimum atomic E-state index is 0.351. The molecule has 0 atom stereocenters. The normalized spacial score (nSPS) is 18.9. The predicted octanol–water partition coefficient (Wildman–Crippen LogP) is 1.67. The highest BCUT2D eigenvalue weighted by Crippen LogP contribution is 2.28. The molecule has 2 aromatic rings. The Kier molecular flexibility index (Phi) is 3.33. The summed E-state index contributed by atoms with van der Waals surface area (Å²) in [6.07, 6.45) is 7.01. The van der Waals surface area contributed by atoms with Gasteiger partial charge in [0.1, 0.15) is 11.8 Å². The predicted molar refractivity (Wildman–Crippen MR) is 79.2 cm³/mol. The van der Waals surface area contributed by atoms with Crippen molar-refractivity contribution in [3.05, 3.63) is 12.7 Å². The molecule has 3 heterocycles. The highest BCUT2D eigenvalue weighted by Gasteiger charge is 2.30. The fraction of sp³-hybridized carbons (Fsp3) is 0.643. The van der Waals surface area contributed by atoms with Crippen LogP contribution in [0.4, 0.5) is 5.82 Å². The Morgan fingerprint density at radius 2 is 2.10 bits per heavy atom. The minimum Gasteiger partial charge on any atom is -0.382 e. The lowest BCUT2D eigenvalue weighted by Crippen LogP contribution is -2.38. The van der Waals surface area contributed by atoms with Gasteiger partial charge in [-0.05, 0) is 39.7 Å². The zero-order valence-corrected chi connectivity index (χ0v) is 12.2. The van der Waals surface area contributed by atoms with Gasteiger partial charge < -0.3 is 10.3 Å². The van der Waals surface area contributed by atoms with Crippen molar-refractivity contribution < 1.29 is 0 Å². The SMILES string of the molecule is CC1(C)CCCN1CCCn1cnc2c(N)ncnc21. The molecule has 108 valence electrons. The molecular formula is C14H22N6. The molecule has 1 aliphatic rings. The highest BCUT2D eigenvalue weighted by molar-refractivity contribution is 5.80. The quantitative estimate of drug-likeness (QED) is 0.918. The molecule has 3 rings (SSSR count). The van der Waals surface area contributed by atoms with Crippen LogP contribution in [0.1, 0.15) is 33.1 Å². The Labute approximate surface area is 119 Å². The number of nitrogens with two attached hydrogens (primary N) is 1.